The van der Waals surface area contributed by atoms with Crippen molar-refractivity contribution in [3.63, 3.8) is 0 Å². The van der Waals surface area contributed by atoms with E-state index in [1.807, 2.05) is 48.5 Å². The molecule has 8 nitrogen and oxygen atoms in total. The molecule has 1 fully saturated rings. The lowest BCUT2D eigenvalue weighted by molar-refractivity contribution is -0.147. The van der Waals surface area contributed by atoms with E-state index in [1.165, 1.54) is 7.11 Å². The standard InChI is InChI=1S/C22H22N2O6/c1-29-20(27)22(10-18(19(25)26)23-12-22)24-21(28)30-11-17-15-8-4-2-6-13(15)14-7-3-5-9-16(14)17/h2-9,17-18,23H,10-12H2,1H3,(H,24,28)(H,25,26). The van der Waals surface area contributed by atoms with Crippen LogP contribution in [0.25, 0.3) is 11.1 Å². The summed E-state index contributed by atoms with van der Waals surface area (Å²) in [6.07, 6.45) is -0.922. The van der Waals surface area contributed by atoms with Gasteiger partial charge in [0.05, 0.1) is 7.11 Å². The number of ether oxygens (including phenoxy) is 2. The minimum Gasteiger partial charge on any atom is -0.480 e. The van der Waals surface area contributed by atoms with E-state index in [-0.39, 0.29) is 25.5 Å². The number of rotatable bonds is 5. The van der Waals surface area contributed by atoms with Crippen LogP contribution in [-0.4, -0.2) is 55.0 Å². The van der Waals surface area contributed by atoms with Crippen molar-refractivity contribution in [2.24, 2.45) is 0 Å². The first-order valence-corrected chi connectivity index (χ1v) is 9.63. The van der Waals surface area contributed by atoms with Crippen molar-refractivity contribution in [3.8, 4) is 11.1 Å². The highest BCUT2D eigenvalue weighted by Crippen LogP contribution is 2.44. The van der Waals surface area contributed by atoms with Gasteiger partial charge in [0.1, 0.15) is 12.6 Å². The van der Waals surface area contributed by atoms with Gasteiger partial charge in [-0.15, -0.1) is 0 Å². The van der Waals surface area contributed by atoms with E-state index in [2.05, 4.69) is 10.6 Å². The number of carboxylic acids is 1. The number of methoxy groups -OCH3 is 1. The van der Waals surface area contributed by atoms with Gasteiger partial charge in [0.25, 0.3) is 0 Å². The number of fused-ring (bicyclic) bond motifs is 3. The summed E-state index contributed by atoms with van der Waals surface area (Å²) in [7, 11) is 1.19. The van der Waals surface area contributed by atoms with E-state index < -0.39 is 29.6 Å². The molecule has 156 valence electrons. The number of carbonyl (C=O) groups is 3. The molecule has 1 aliphatic carbocycles. The molecule has 1 heterocycles. The van der Waals surface area contributed by atoms with Gasteiger partial charge in [0.15, 0.2) is 5.54 Å². The second-order valence-electron chi connectivity index (χ2n) is 7.50. The summed E-state index contributed by atoms with van der Waals surface area (Å²) < 4.78 is 10.3. The Morgan fingerprint density at radius 2 is 1.70 bits per heavy atom. The number of hydrogen-bond donors (Lipinski definition) is 3. The molecule has 1 saturated heterocycles. The highest BCUT2D eigenvalue weighted by atomic mass is 16.6. The third-order valence-corrected chi connectivity index (χ3v) is 5.76. The van der Waals surface area contributed by atoms with Gasteiger partial charge in [-0.1, -0.05) is 48.5 Å². The van der Waals surface area contributed by atoms with E-state index in [0.717, 1.165) is 22.3 Å². The fraction of sp³-hybridized carbons (Fsp3) is 0.318. The van der Waals surface area contributed by atoms with Crippen LogP contribution in [0.3, 0.4) is 0 Å². The van der Waals surface area contributed by atoms with Crippen molar-refractivity contribution in [3.05, 3.63) is 59.7 Å². The second-order valence-corrected chi connectivity index (χ2v) is 7.50. The molecule has 2 aromatic carbocycles. The first kappa shape index (κ1) is 19.9. The molecule has 0 radical (unpaired) electrons. The smallest absolute Gasteiger partial charge is 0.408 e. The van der Waals surface area contributed by atoms with Crippen LogP contribution < -0.4 is 10.6 Å². The van der Waals surface area contributed by atoms with Gasteiger partial charge in [-0.05, 0) is 22.3 Å². The number of esters is 1. The molecule has 3 N–H and O–H groups in total. The Balaban J connectivity index is 1.48. The molecule has 0 bridgehead atoms. The van der Waals surface area contributed by atoms with E-state index in [1.54, 1.807) is 0 Å². The Hall–Kier alpha value is -3.39. The Bertz CT molecular complexity index is 961. The first-order valence-electron chi connectivity index (χ1n) is 9.63. The summed E-state index contributed by atoms with van der Waals surface area (Å²) >= 11 is 0. The van der Waals surface area contributed by atoms with Crippen LogP contribution in [-0.2, 0) is 19.1 Å². The lowest BCUT2D eigenvalue weighted by Gasteiger charge is -2.26. The quantitative estimate of drug-likeness (QED) is 0.645. The Labute approximate surface area is 173 Å². The normalized spacial score (nSPS) is 22.1. The lowest BCUT2D eigenvalue weighted by Crippen LogP contribution is -2.56. The van der Waals surface area contributed by atoms with Crippen molar-refractivity contribution >= 4 is 18.0 Å². The summed E-state index contributed by atoms with van der Waals surface area (Å²) in [6.45, 7) is 0.0355. The summed E-state index contributed by atoms with van der Waals surface area (Å²) in [6, 6.07) is 15.0. The zero-order valence-corrected chi connectivity index (χ0v) is 16.4. The van der Waals surface area contributed by atoms with Crippen molar-refractivity contribution < 1.29 is 29.0 Å². The molecule has 2 aliphatic rings. The number of hydrogen-bond acceptors (Lipinski definition) is 6. The number of carbonyl (C=O) groups excluding carboxylic acids is 2. The molecule has 1 amide bonds. The highest BCUT2D eigenvalue weighted by molar-refractivity contribution is 5.88. The number of carboxylic acid groups (broad SMARTS) is 1. The molecule has 1 aliphatic heterocycles. The fourth-order valence-electron chi connectivity index (χ4n) is 4.29. The van der Waals surface area contributed by atoms with Gasteiger partial charge in [0, 0.05) is 18.9 Å². The van der Waals surface area contributed by atoms with Crippen LogP contribution in [0.1, 0.15) is 23.5 Å². The number of alkyl carbamates (subject to hydrolysis) is 1. The topological polar surface area (TPSA) is 114 Å². The molecule has 2 unspecified atom stereocenters. The highest BCUT2D eigenvalue weighted by Gasteiger charge is 2.50. The molecular formula is C22H22N2O6. The Morgan fingerprint density at radius 3 is 2.23 bits per heavy atom. The van der Waals surface area contributed by atoms with Crippen LogP contribution in [0.4, 0.5) is 4.79 Å². The van der Waals surface area contributed by atoms with Gasteiger partial charge in [-0.2, -0.15) is 0 Å². The average Bonchev–Trinajstić information content (AvgIpc) is 3.32. The van der Waals surface area contributed by atoms with Crippen LogP contribution >= 0.6 is 0 Å². The maximum atomic E-state index is 12.6. The van der Waals surface area contributed by atoms with Gasteiger partial charge in [-0.25, -0.2) is 9.59 Å². The third-order valence-electron chi connectivity index (χ3n) is 5.76. The van der Waals surface area contributed by atoms with Crippen LogP contribution in [0, 0.1) is 0 Å². The minimum atomic E-state index is -1.49. The zero-order valence-electron chi connectivity index (χ0n) is 16.4. The van der Waals surface area contributed by atoms with Gasteiger partial charge in [-0.3, -0.25) is 4.79 Å². The summed E-state index contributed by atoms with van der Waals surface area (Å²) in [4.78, 5) is 36.1. The Morgan fingerprint density at radius 1 is 1.10 bits per heavy atom. The number of amides is 1. The molecule has 0 aromatic heterocycles. The fourth-order valence-corrected chi connectivity index (χ4v) is 4.29. The third kappa shape index (κ3) is 3.39. The SMILES string of the molecule is COC(=O)C1(NC(=O)OCC2c3ccccc3-c3ccccc32)CNC(C(=O)O)C1. The summed E-state index contributed by atoms with van der Waals surface area (Å²) in [5, 5.41) is 14.5. The molecular weight excluding hydrogens is 388 g/mol. The molecule has 0 spiro atoms. The molecule has 30 heavy (non-hydrogen) atoms. The van der Waals surface area contributed by atoms with E-state index in [0.29, 0.717) is 0 Å². The van der Waals surface area contributed by atoms with Crippen molar-refractivity contribution in [1.82, 2.24) is 10.6 Å². The predicted octanol–water partition coefficient (Wildman–Crippen LogP) is 1.88. The molecule has 2 aromatic rings. The van der Waals surface area contributed by atoms with E-state index in [9.17, 15) is 19.5 Å². The number of nitrogens with one attached hydrogen (secondary N) is 2. The second kappa shape index (κ2) is 7.79. The lowest BCUT2D eigenvalue weighted by atomic mass is 9.96. The first-order chi connectivity index (χ1) is 14.4. The largest absolute Gasteiger partial charge is 0.480 e. The van der Waals surface area contributed by atoms with Crippen molar-refractivity contribution in [1.29, 1.82) is 0 Å². The van der Waals surface area contributed by atoms with Crippen LogP contribution in [0.5, 0.6) is 0 Å². The van der Waals surface area contributed by atoms with Gasteiger partial charge >= 0.3 is 18.0 Å². The number of benzene rings is 2. The molecule has 2 atom stereocenters. The summed E-state index contributed by atoms with van der Waals surface area (Å²) in [5.41, 5.74) is 2.88. The predicted molar refractivity (Wildman–Crippen MR) is 107 cm³/mol. The number of aliphatic carboxylic acids is 1. The molecule has 4 rings (SSSR count). The molecule has 0 saturated carbocycles. The summed E-state index contributed by atoms with van der Waals surface area (Å²) in [5.74, 6) is -1.94. The zero-order chi connectivity index (χ0) is 21.3. The van der Waals surface area contributed by atoms with E-state index >= 15 is 0 Å². The monoisotopic (exact) mass is 410 g/mol. The average molecular weight is 410 g/mol. The van der Waals surface area contributed by atoms with Crippen LogP contribution in [0.2, 0.25) is 0 Å². The minimum absolute atomic E-state index is 0.0547. The van der Waals surface area contributed by atoms with Gasteiger partial charge in [0.2, 0.25) is 0 Å². The Kier molecular flexibility index (Phi) is 5.17. The maximum absolute atomic E-state index is 12.6. The van der Waals surface area contributed by atoms with Crippen molar-refractivity contribution in [2.75, 3.05) is 20.3 Å². The van der Waals surface area contributed by atoms with Crippen LogP contribution in [0.15, 0.2) is 48.5 Å². The van der Waals surface area contributed by atoms with E-state index in [4.69, 9.17) is 9.47 Å². The van der Waals surface area contributed by atoms with Gasteiger partial charge < -0.3 is 25.2 Å². The van der Waals surface area contributed by atoms with Crippen molar-refractivity contribution in [2.45, 2.75) is 23.9 Å². The maximum Gasteiger partial charge on any atom is 0.408 e. The molecule has 8 heteroatoms.